The van der Waals surface area contributed by atoms with E-state index in [9.17, 15) is 4.79 Å². The summed E-state index contributed by atoms with van der Waals surface area (Å²) in [7, 11) is 0. The number of nitrogens with one attached hydrogen (secondary N) is 1. The van der Waals surface area contributed by atoms with Gasteiger partial charge in [0.1, 0.15) is 0 Å². The fraction of sp³-hybridized carbons (Fsp3) is 0.933. The van der Waals surface area contributed by atoms with Crippen molar-refractivity contribution in [2.24, 2.45) is 11.8 Å². The quantitative estimate of drug-likeness (QED) is 0.790. The van der Waals surface area contributed by atoms with Crippen LogP contribution >= 0.6 is 0 Å². The third-order valence-electron chi connectivity index (χ3n) is 3.68. The summed E-state index contributed by atoms with van der Waals surface area (Å²) < 4.78 is 0. The van der Waals surface area contributed by atoms with Gasteiger partial charge < -0.3 is 10.2 Å². The lowest BCUT2D eigenvalue weighted by Crippen LogP contribution is -2.47. The summed E-state index contributed by atoms with van der Waals surface area (Å²) in [4.78, 5) is 14.2. The highest BCUT2D eigenvalue weighted by Crippen LogP contribution is 2.12. The van der Waals surface area contributed by atoms with Crippen LogP contribution in [-0.2, 0) is 4.79 Å². The van der Waals surface area contributed by atoms with Gasteiger partial charge in [0.2, 0.25) is 5.91 Å². The fourth-order valence-corrected chi connectivity index (χ4v) is 2.74. The Morgan fingerprint density at radius 2 is 1.72 bits per heavy atom. The van der Waals surface area contributed by atoms with Crippen LogP contribution in [0.25, 0.3) is 0 Å². The van der Waals surface area contributed by atoms with E-state index in [0.29, 0.717) is 5.92 Å². The second-order valence-corrected chi connectivity index (χ2v) is 6.25. The normalized spacial score (nSPS) is 19.9. The summed E-state index contributed by atoms with van der Waals surface area (Å²) in [5.41, 5.74) is 0. The van der Waals surface area contributed by atoms with E-state index in [1.807, 2.05) is 11.8 Å². The highest BCUT2D eigenvalue weighted by molar-refractivity contribution is 5.81. The molecule has 3 nitrogen and oxygen atoms in total. The lowest BCUT2D eigenvalue weighted by atomic mass is 9.98. The first-order valence-corrected chi connectivity index (χ1v) is 7.53. The molecule has 0 saturated carbocycles. The third-order valence-corrected chi connectivity index (χ3v) is 3.68. The SMILES string of the molecule is CC(C)CC(C)CNC(C)C(=O)N1CCCCC1. The van der Waals surface area contributed by atoms with Gasteiger partial charge >= 0.3 is 0 Å². The number of carbonyl (C=O) groups is 1. The summed E-state index contributed by atoms with van der Waals surface area (Å²) in [6, 6.07) is -0.0299. The van der Waals surface area contributed by atoms with Gasteiger partial charge in [-0.3, -0.25) is 4.79 Å². The standard InChI is InChI=1S/C15H30N2O/c1-12(2)10-13(3)11-16-14(4)15(18)17-8-6-5-7-9-17/h12-14,16H,5-11H2,1-4H3. The Morgan fingerprint density at radius 3 is 2.28 bits per heavy atom. The van der Waals surface area contributed by atoms with Crippen molar-refractivity contribution < 1.29 is 4.79 Å². The monoisotopic (exact) mass is 254 g/mol. The Kier molecular flexibility index (Phi) is 6.69. The van der Waals surface area contributed by atoms with E-state index >= 15 is 0 Å². The van der Waals surface area contributed by atoms with Gasteiger partial charge in [-0.25, -0.2) is 0 Å². The predicted octanol–water partition coefficient (Wildman–Crippen LogP) is 2.66. The average Bonchev–Trinajstić information content (AvgIpc) is 2.35. The minimum atomic E-state index is -0.0299. The number of likely N-dealkylation sites (tertiary alicyclic amines) is 1. The molecule has 0 spiro atoms. The molecule has 1 N–H and O–H groups in total. The molecule has 0 bridgehead atoms. The van der Waals surface area contributed by atoms with E-state index in [1.165, 1.54) is 25.7 Å². The van der Waals surface area contributed by atoms with E-state index in [0.717, 1.165) is 25.6 Å². The lowest BCUT2D eigenvalue weighted by Gasteiger charge is -2.30. The first-order valence-electron chi connectivity index (χ1n) is 7.53. The van der Waals surface area contributed by atoms with Crippen LogP contribution in [0.5, 0.6) is 0 Å². The van der Waals surface area contributed by atoms with Gasteiger partial charge in [0.15, 0.2) is 0 Å². The molecule has 0 radical (unpaired) electrons. The van der Waals surface area contributed by atoms with Gasteiger partial charge in [0, 0.05) is 13.1 Å². The van der Waals surface area contributed by atoms with Gasteiger partial charge in [-0.15, -0.1) is 0 Å². The summed E-state index contributed by atoms with van der Waals surface area (Å²) >= 11 is 0. The van der Waals surface area contributed by atoms with Crippen LogP contribution in [0.2, 0.25) is 0 Å². The number of carbonyl (C=O) groups excluding carboxylic acids is 1. The molecule has 0 aromatic rings. The molecule has 106 valence electrons. The molecule has 1 heterocycles. The maximum Gasteiger partial charge on any atom is 0.239 e. The van der Waals surface area contributed by atoms with Gasteiger partial charge in [-0.05, 0) is 51.0 Å². The Morgan fingerprint density at radius 1 is 1.11 bits per heavy atom. The van der Waals surface area contributed by atoms with Crippen molar-refractivity contribution >= 4 is 5.91 Å². The molecule has 1 saturated heterocycles. The molecular weight excluding hydrogens is 224 g/mol. The molecular formula is C15H30N2O. The van der Waals surface area contributed by atoms with Crippen LogP contribution < -0.4 is 5.32 Å². The number of amides is 1. The van der Waals surface area contributed by atoms with E-state index in [1.54, 1.807) is 0 Å². The van der Waals surface area contributed by atoms with Crippen molar-refractivity contribution in [1.82, 2.24) is 10.2 Å². The minimum absolute atomic E-state index is 0.0299. The molecule has 1 amide bonds. The fourth-order valence-electron chi connectivity index (χ4n) is 2.74. The second-order valence-electron chi connectivity index (χ2n) is 6.25. The van der Waals surface area contributed by atoms with E-state index in [2.05, 4.69) is 26.1 Å². The lowest BCUT2D eigenvalue weighted by molar-refractivity contribution is -0.133. The Labute approximate surface area is 112 Å². The van der Waals surface area contributed by atoms with Gasteiger partial charge in [0.25, 0.3) is 0 Å². The minimum Gasteiger partial charge on any atom is -0.341 e. The summed E-state index contributed by atoms with van der Waals surface area (Å²) in [6.07, 6.45) is 4.83. The van der Waals surface area contributed by atoms with E-state index in [-0.39, 0.29) is 11.9 Å². The molecule has 0 aromatic carbocycles. The Balaban J connectivity index is 2.26. The highest BCUT2D eigenvalue weighted by atomic mass is 16.2. The summed E-state index contributed by atoms with van der Waals surface area (Å²) in [5.74, 6) is 1.66. The van der Waals surface area contributed by atoms with E-state index < -0.39 is 0 Å². The number of rotatable bonds is 6. The maximum absolute atomic E-state index is 12.2. The number of hydrogen-bond donors (Lipinski definition) is 1. The highest BCUT2D eigenvalue weighted by Gasteiger charge is 2.21. The Bertz CT molecular complexity index is 247. The molecule has 3 heteroatoms. The van der Waals surface area contributed by atoms with Crippen LogP contribution in [0.3, 0.4) is 0 Å². The predicted molar refractivity (Wildman–Crippen MR) is 76.5 cm³/mol. The van der Waals surface area contributed by atoms with Crippen molar-refractivity contribution in [2.45, 2.75) is 59.4 Å². The smallest absolute Gasteiger partial charge is 0.239 e. The van der Waals surface area contributed by atoms with Gasteiger partial charge in [-0.1, -0.05) is 20.8 Å². The average molecular weight is 254 g/mol. The molecule has 0 aromatic heterocycles. The second kappa shape index (κ2) is 7.78. The van der Waals surface area contributed by atoms with Gasteiger partial charge in [0.05, 0.1) is 6.04 Å². The summed E-state index contributed by atoms with van der Waals surface area (Å²) in [6.45, 7) is 11.6. The van der Waals surface area contributed by atoms with Crippen LogP contribution in [0.1, 0.15) is 53.4 Å². The molecule has 18 heavy (non-hydrogen) atoms. The zero-order chi connectivity index (χ0) is 13.5. The molecule has 2 unspecified atom stereocenters. The third kappa shape index (κ3) is 5.38. The topological polar surface area (TPSA) is 32.3 Å². The number of piperidine rings is 1. The molecule has 1 aliphatic heterocycles. The molecule has 2 atom stereocenters. The zero-order valence-corrected chi connectivity index (χ0v) is 12.5. The molecule has 0 aliphatic carbocycles. The molecule has 1 aliphatic rings. The van der Waals surface area contributed by atoms with Crippen molar-refractivity contribution in [1.29, 1.82) is 0 Å². The van der Waals surface area contributed by atoms with Crippen molar-refractivity contribution in [3.05, 3.63) is 0 Å². The number of hydrogen-bond acceptors (Lipinski definition) is 2. The first kappa shape index (κ1) is 15.5. The largest absolute Gasteiger partial charge is 0.341 e. The maximum atomic E-state index is 12.2. The van der Waals surface area contributed by atoms with E-state index in [4.69, 9.17) is 0 Å². The molecule has 1 rings (SSSR count). The van der Waals surface area contributed by atoms with Crippen molar-refractivity contribution in [3.8, 4) is 0 Å². The van der Waals surface area contributed by atoms with Crippen LogP contribution in [0, 0.1) is 11.8 Å². The molecule has 1 fully saturated rings. The zero-order valence-electron chi connectivity index (χ0n) is 12.5. The summed E-state index contributed by atoms with van der Waals surface area (Å²) in [5, 5.41) is 3.39. The Hall–Kier alpha value is -0.570. The first-order chi connectivity index (χ1) is 8.50. The van der Waals surface area contributed by atoms with Crippen molar-refractivity contribution in [2.75, 3.05) is 19.6 Å². The van der Waals surface area contributed by atoms with Crippen LogP contribution in [0.4, 0.5) is 0 Å². The van der Waals surface area contributed by atoms with Crippen molar-refractivity contribution in [3.63, 3.8) is 0 Å². The van der Waals surface area contributed by atoms with Crippen LogP contribution in [0.15, 0.2) is 0 Å². The van der Waals surface area contributed by atoms with Gasteiger partial charge in [-0.2, -0.15) is 0 Å². The van der Waals surface area contributed by atoms with Crippen LogP contribution in [-0.4, -0.2) is 36.5 Å². The number of nitrogens with zero attached hydrogens (tertiary/aromatic N) is 1.